The maximum absolute atomic E-state index is 11.8. The smallest absolute Gasteiger partial charge is 0.306 e. The van der Waals surface area contributed by atoms with Crippen molar-refractivity contribution in [3.05, 3.63) is 29.8 Å². The number of hydrogen-bond acceptors (Lipinski definition) is 4. The molecule has 0 aromatic heterocycles. The molecule has 2 N–H and O–H groups in total. The van der Waals surface area contributed by atoms with Gasteiger partial charge < -0.3 is 10.2 Å². The third kappa shape index (κ3) is 4.16. The van der Waals surface area contributed by atoms with Crippen molar-refractivity contribution < 1.29 is 23.4 Å². The van der Waals surface area contributed by atoms with Crippen LogP contribution in [0.5, 0.6) is 0 Å². The Morgan fingerprint density at radius 3 is 2.29 bits per heavy atom. The van der Waals surface area contributed by atoms with Gasteiger partial charge in [-0.15, -0.1) is 0 Å². The molecule has 1 aromatic carbocycles. The normalized spacial score (nSPS) is 13.3. The van der Waals surface area contributed by atoms with Gasteiger partial charge in [-0.3, -0.25) is 4.79 Å². The second-order valence-corrected chi connectivity index (χ2v) is 5.88. The van der Waals surface area contributed by atoms with Gasteiger partial charge in [0.2, 0.25) is 0 Å². The Labute approximate surface area is 99.6 Å². The van der Waals surface area contributed by atoms with Crippen LogP contribution in [0, 0.1) is 6.92 Å². The van der Waals surface area contributed by atoms with Gasteiger partial charge in [-0.05, 0) is 19.1 Å². The standard InChI is InChI=1S/C11H14O5S/c1-8-2-4-10(5-3-8)17(15,16)7-9(12)6-11(13)14/h2-5,9,12H,6-7H2,1H3,(H,13,14)/t9-/m0/s1. The highest BCUT2D eigenvalue weighted by molar-refractivity contribution is 7.91. The Bertz CT molecular complexity index is 489. The first-order valence-electron chi connectivity index (χ1n) is 5.00. The van der Waals surface area contributed by atoms with Gasteiger partial charge in [-0.1, -0.05) is 17.7 Å². The number of benzene rings is 1. The molecular formula is C11H14O5S. The second-order valence-electron chi connectivity index (χ2n) is 3.85. The van der Waals surface area contributed by atoms with Crippen LogP contribution in [-0.2, 0) is 14.6 Å². The zero-order chi connectivity index (χ0) is 13.1. The van der Waals surface area contributed by atoms with Crippen LogP contribution in [0.15, 0.2) is 29.2 Å². The summed E-state index contributed by atoms with van der Waals surface area (Å²) in [6.07, 6.45) is -1.97. The summed E-state index contributed by atoms with van der Waals surface area (Å²) in [6.45, 7) is 1.83. The van der Waals surface area contributed by atoms with Crippen molar-refractivity contribution in [2.45, 2.75) is 24.3 Å². The van der Waals surface area contributed by atoms with E-state index in [1.165, 1.54) is 12.1 Å². The molecule has 0 saturated carbocycles. The Balaban J connectivity index is 2.82. The van der Waals surface area contributed by atoms with E-state index < -0.39 is 34.1 Å². The fourth-order valence-corrected chi connectivity index (χ4v) is 2.72. The molecule has 1 aromatic rings. The average Bonchev–Trinajstić information content (AvgIpc) is 2.15. The lowest BCUT2D eigenvalue weighted by Crippen LogP contribution is -2.23. The average molecular weight is 258 g/mol. The molecule has 0 amide bonds. The van der Waals surface area contributed by atoms with E-state index >= 15 is 0 Å². The van der Waals surface area contributed by atoms with Crippen molar-refractivity contribution in [2.75, 3.05) is 5.75 Å². The third-order valence-electron chi connectivity index (χ3n) is 2.20. The molecule has 1 rings (SSSR count). The third-order valence-corrected chi connectivity index (χ3v) is 4.02. The first kappa shape index (κ1) is 13.7. The number of aliphatic hydroxyl groups is 1. The van der Waals surface area contributed by atoms with E-state index in [9.17, 15) is 18.3 Å². The van der Waals surface area contributed by atoms with E-state index in [-0.39, 0.29) is 4.90 Å². The molecule has 0 fully saturated rings. The van der Waals surface area contributed by atoms with E-state index in [1.807, 2.05) is 6.92 Å². The van der Waals surface area contributed by atoms with Gasteiger partial charge in [0.25, 0.3) is 0 Å². The molecule has 0 unspecified atom stereocenters. The van der Waals surface area contributed by atoms with Gasteiger partial charge in [0.15, 0.2) is 9.84 Å². The van der Waals surface area contributed by atoms with Crippen molar-refractivity contribution in [1.82, 2.24) is 0 Å². The van der Waals surface area contributed by atoms with Crippen LogP contribution in [0.1, 0.15) is 12.0 Å². The molecule has 1 atom stereocenters. The molecule has 0 aliphatic carbocycles. The van der Waals surface area contributed by atoms with Gasteiger partial charge in [-0.2, -0.15) is 0 Å². The summed E-state index contributed by atoms with van der Waals surface area (Å²) in [4.78, 5) is 10.4. The van der Waals surface area contributed by atoms with Crippen LogP contribution >= 0.6 is 0 Å². The highest BCUT2D eigenvalue weighted by Gasteiger charge is 2.21. The van der Waals surface area contributed by atoms with E-state index in [1.54, 1.807) is 12.1 Å². The number of hydrogen-bond donors (Lipinski definition) is 2. The van der Waals surface area contributed by atoms with E-state index in [0.717, 1.165) is 5.56 Å². The summed E-state index contributed by atoms with van der Waals surface area (Å²) in [5.41, 5.74) is 0.926. The van der Waals surface area contributed by atoms with Crippen LogP contribution in [0.3, 0.4) is 0 Å². The largest absolute Gasteiger partial charge is 0.481 e. The van der Waals surface area contributed by atoms with Crippen LogP contribution in [0.25, 0.3) is 0 Å². The maximum atomic E-state index is 11.8. The minimum absolute atomic E-state index is 0.0903. The molecular weight excluding hydrogens is 244 g/mol. The van der Waals surface area contributed by atoms with Crippen molar-refractivity contribution in [3.8, 4) is 0 Å². The molecule has 94 valence electrons. The zero-order valence-electron chi connectivity index (χ0n) is 9.33. The highest BCUT2D eigenvalue weighted by Crippen LogP contribution is 2.13. The van der Waals surface area contributed by atoms with Gasteiger partial charge in [0.1, 0.15) is 0 Å². The van der Waals surface area contributed by atoms with Crippen molar-refractivity contribution in [3.63, 3.8) is 0 Å². The molecule has 0 heterocycles. The van der Waals surface area contributed by atoms with E-state index in [0.29, 0.717) is 0 Å². The lowest BCUT2D eigenvalue weighted by molar-refractivity contribution is -0.138. The fourth-order valence-electron chi connectivity index (χ4n) is 1.36. The second kappa shape index (κ2) is 5.29. The summed E-state index contributed by atoms with van der Waals surface area (Å²) in [5.74, 6) is -1.81. The predicted octanol–water partition coefficient (Wildman–Crippen LogP) is 0.604. The van der Waals surface area contributed by atoms with Gasteiger partial charge in [-0.25, -0.2) is 8.42 Å². The van der Waals surface area contributed by atoms with Gasteiger partial charge in [0.05, 0.1) is 23.2 Å². The molecule has 17 heavy (non-hydrogen) atoms. The number of aliphatic carboxylic acids is 1. The molecule has 0 aliphatic heterocycles. The number of rotatable bonds is 5. The van der Waals surface area contributed by atoms with Gasteiger partial charge >= 0.3 is 5.97 Å². The van der Waals surface area contributed by atoms with Gasteiger partial charge in [0, 0.05) is 0 Å². The molecule has 6 heteroatoms. The lowest BCUT2D eigenvalue weighted by atomic mass is 10.2. The quantitative estimate of drug-likeness (QED) is 0.807. The Morgan fingerprint density at radius 2 is 1.82 bits per heavy atom. The number of aryl methyl sites for hydroxylation is 1. The molecule has 0 spiro atoms. The molecule has 0 aliphatic rings. The Kier molecular flexibility index (Phi) is 4.25. The maximum Gasteiger partial charge on any atom is 0.306 e. The number of carboxylic acid groups (broad SMARTS) is 1. The minimum Gasteiger partial charge on any atom is -0.481 e. The van der Waals surface area contributed by atoms with Crippen LogP contribution < -0.4 is 0 Å². The van der Waals surface area contributed by atoms with E-state index in [4.69, 9.17) is 5.11 Å². The van der Waals surface area contributed by atoms with Crippen LogP contribution in [-0.4, -0.2) is 36.5 Å². The molecule has 0 bridgehead atoms. The summed E-state index contributed by atoms with van der Waals surface area (Å²) < 4.78 is 23.6. The summed E-state index contributed by atoms with van der Waals surface area (Å²) in [5, 5.41) is 17.7. The number of carboxylic acids is 1. The van der Waals surface area contributed by atoms with E-state index in [2.05, 4.69) is 0 Å². The topological polar surface area (TPSA) is 91.7 Å². The SMILES string of the molecule is Cc1ccc(S(=O)(=O)C[C@@H](O)CC(=O)O)cc1. The number of sulfone groups is 1. The van der Waals surface area contributed by atoms with Crippen molar-refractivity contribution >= 4 is 15.8 Å². The summed E-state index contributed by atoms with van der Waals surface area (Å²) >= 11 is 0. The van der Waals surface area contributed by atoms with Crippen LogP contribution in [0.2, 0.25) is 0 Å². The zero-order valence-corrected chi connectivity index (χ0v) is 10.1. The van der Waals surface area contributed by atoms with Crippen molar-refractivity contribution in [1.29, 1.82) is 0 Å². The number of carbonyl (C=O) groups is 1. The molecule has 0 saturated heterocycles. The lowest BCUT2D eigenvalue weighted by Gasteiger charge is -2.09. The molecule has 5 nitrogen and oxygen atoms in total. The molecule has 0 radical (unpaired) electrons. The highest BCUT2D eigenvalue weighted by atomic mass is 32.2. The Morgan fingerprint density at radius 1 is 1.29 bits per heavy atom. The first-order chi connectivity index (χ1) is 7.81. The summed E-state index contributed by atoms with van der Waals surface area (Å²) in [6, 6.07) is 6.18. The van der Waals surface area contributed by atoms with Crippen molar-refractivity contribution in [2.24, 2.45) is 0 Å². The minimum atomic E-state index is -3.64. The summed E-state index contributed by atoms with van der Waals surface area (Å²) in [7, 11) is -3.64. The monoisotopic (exact) mass is 258 g/mol. The number of aliphatic hydroxyl groups excluding tert-OH is 1. The predicted molar refractivity (Wildman–Crippen MR) is 61.5 cm³/mol. The fraction of sp³-hybridized carbons (Fsp3) is 0.364. The Hall–Kier alpha value is -1.40. The first-order valence-corrected chi connectivity index (χ1v) is 6.66. The van der Waals surface area contributed by atoms with Crippen LogP contribution in [0.4, 0.5) is 0 Å².